The van der Waals surface area contributed by atoms with Crippen molar-refractivity contribution in [2.45, 2.75) is 24.9 Å². The second kappa shape index (κ2) is 5.72. The number of halogens is 3. The van der Waals surface area contributed by atoms with Gasteiger partial charge in [0.1, 0.15) is 11.5 Å². The first-order valence-corrected chi connectivity index (χ1v) is 7.27. The Labute approximate surface area is 131 Å². The molecule has 1 aliphatic rings. The molecule has 0 fully saturated rings. The lowest BCUT2D eigenvalue weighted by Gasteiger charge is -2.25. The van der Waals surface area contributed by atoms with Crippen molar-refractivity contribution in [2.24, 2.45) is 0 Å². The zero-order valence-corrected chi connectivity index (χ0v) is 12.5. The molecule has 0 N–H and O–H groups in total. The van der Waals surface area contributed by atoms with Gasteiger partial charge in [-0.3, -0.25) is 4.79 Å². The van der Waals surface area contributed by atoms with Crippen molar-refractivity contribution < 1.29 is 22.7 Å². The fourth-order valence-corrected chi connectivity index (χ4v) is 3.00. The number of aryl methyl sites for hydroxylation is 1. The zero-order valence-electron chi connectivity index (χ0n) is 12.5. The second-order valence-electron chi connectivity index (χ2n) is 5.58. The normalized spacial score (nSPS) is 17.7. The standard InChI is InChI=1S/C18H15F3O2/c1-23-14-8-4-11-5-9-16(22)17(15(11)10-14)12-2-6-13(7-3-12)18(19,20)21/h2-4,6-8,10,17H,5,9H2,1H3. The number of carbonyl (C=O) groups is 1. The first kappa shape index (κ1) is 15.6. The molecule has 0 heterocycles. The fourth-order valence-electron chi connectivity index (χ4n) is 3.00. The molecule has 2 nitrogen and oxygen atoms in total. The molecule has 0 bridgehead atoms. The van der Waals surface area contributed by atoms with Gasteiger partial charge in [-0.05, 0) is 47.4 Å². The van der Waals surface area contributed by atoms with Crippen molar-refractivity contribution in [1.82, 2.24) is 0 Å². The summed E-state index contributed by atoms with van der Waals surface area (Å²) in [5, 5.41) is 0. The van der Waals surface area contributed by atoms with Gasteiger partial charge < -0.3 is 4.74 Å². The third-order valence-corrected chi connectivity index (χ3v) is 4.20. The number of ketones is 1. The van der Waals surface area contributed by atoms with Crippen LogP contribution in [-0.2, 0) is 17.4 Å². The summed E-state index contributed by atoms with van der Waals surface area (Å²) in [4.78, 5) is 12.4. The molecule has 0 aliphatic heterocycles. The summed E-state index contributed by atoms with van der Waals surface area (Å²) >= 11 is 0. The quantitative estimate of drug-likeness (QED) is 0.822. The number of rotatable bonds is 2. The molecule has 0 saturated carbocycles. The Hall–Kier alpha value is -2.30. The average molecular weight is 320 g/mol. The monoisotopic (exact) mass is 320 g/mol. The summed E-state index contributed by atoms with van der Waals surface area (Å²) in [6.07, 6.45) is -3.34. The molecule has 2 aromatic carbocycles. The predicted molar refractivity (Wildman–Crippen MR) is 79.6 cm³/mol. The Kier molecular flexibility index (Phi) is 3.88. The number of alkyl halides is 3. The summed E-state index contributed by atoms with van der Waals surface area (Å²) in [6.45, 7) is 0. The molecule has 1 unspecified atom stereocenters. The summed E-state index contributed by atoms with van der Waals surface area (Å²) in [5.41, 5.74) is 1.73. The van der Waals surface area contributed by atoms with Gasteiger partial charge in [0.25, 0.3) is 0 Å². The zero-order chi connectivity index (χ0) is 16.6. The van der Waals surface area contributed by atoms with Crippen LogP contribution in [0.5, 0.6) is 5.75 Å². The first-order valence-electron chi connectivity index (χ1n) is 7.27. The molecule has 0 radical (unpaired) electrons. The van der Waals surface area contributed by atoms with E-state index in [1.165, 1.54) is 12.1 Å². The molecular weight excluding hydrogens is 305 g/mol. The van der Waals surface area contributed by atoms with Crippen LogP contribution < -0.4 is 4.74 Å². The lowest BCUT2D eigenvalue weighted by Crippen LogP contribution is -2.21. The summed E-state index contributed by atoms with van der Waals surface area (Å²) in [5.74, 6) is 0.122. The van der Waals surface area contributed by atoms with E-state index in [-0.39, 0.29) is 5.78 Å². The van der Waals surface area contributed by atoms with Crippen LogP contribution in [-0.4, -0.2) is 12.9 Å². The second-order valence-corrected chi connectivity index (χ2v) is 5.58. The van der Waals surface area contributed by atoms with Crippen LogP contribution in [0.25, 0.3) is 0 Å². The van der Waals surface area contributed by atoms with E-state index >= 15 is 0 Å². The Morgan fingerprint density at radius 2 is 1.74 bits per heavy atom. The van der Waals surface area contributed by atoms with Crippen LogP contribution in [0.1, 0.15) is 34.6 Å². The van der Waals surface area contributed by atoms with E-state index in [1.807, 2.05) is 12.1 Å². The maximum atomic E-state index is 12.7. The van der Waals surface area contributed by atoms with Gasteiger partial charge in [0, 0.05) is 6.42 Å². The molecule has 0 saturated heterocycles. The Balaban J connectivity index is 2.04. The number of hydrogen-bond acceptors (Lipinski definition) is 2. The molecule has 2 aromatic rings. The predicted octanol–water partition coefficient (Wildman–Crippen LogP) is 4.36. The van der Waals surface area contributed by atoms with Crippen LogP contribution >= 0.6 is 0 Å². The minimum absolute atomic E-state index is 0.0190. The topological polar surface area (TPSA) is 26.3 Å². The van der Waals surface area contributed by atoms with Crippen LogP contribution in [0.15, 0.2) is 42.5 Å². The van der Waals surface area contributed by atoms with E-state index in [4.69, 9.17) is 4.74 Å². The minimum atomic E-state index is -4.38. The lowest BCUT2D eigenvalue weighted by atomic mass is 9.78. The van der Waals surface area contributed by atoms with Gasteiger partial charge in [0.15, 0.2) is 0 Å². The van der Waals surface area contributed by atoms with E-state index in [9.17, 15) is 18.0 Å². The molecule has 0 amide bonds. The summed E-state index contributed by atoms with van der Waals surface area (Å²) in [7, 11) is 1.54. The molecular formula is C18H15F3O2. The van der Waals surface area contributed by atoms with E-state index < -0.39 is 17.7 Å². The highest BCUT2D eigenvalue weighted by Crippen LogP contribution is 2.37. The maximum Gasteiger partial charge on any atom is 0.416 e. The van der Waals surface area contributed by atoms with Gasteiger partial charge in [0.05, 0.1) is 18.6 Å². The van der Waals surface area contributed by atoms with Gasteiger partial charge in [-0.1, -0.05) is 18.2 Å². The number of fused-ring (bicyclic) bond motifs is 1. The average Bonchev–Trinajstić information content (AvgIpc) is 2.53. The summed E-state index contributed by atoms with van der Waals surface area (Å²) in [6, 6.07) is 10.4. The molecule has 0 aromatic heterocycles. The van der Waals surface area contributed by atoms with Crippen LogP contribution in [0.2, 0.25) is 0 Å². The number of carbonyl (C=O) groups excluding carboxylic acids is 1. The van der Waals surface area contributed by atoms with Crippen molar-refractivity contribution in [3.05, 3.63) is 64.7 Å². The van der Waals surface area contributed by atoms with Crippen LogP contribution in [0.4, 0.5) is 13.2 Å². The van der Waals surface area contributed by atoms with E-state index in [1.54, 1.807) is 13.2 Å². The van der Waals surface area contributed by atoms with E-state index in [0.29, 0.717) is 24.2 Å². The van der Waals surface area contributed by atoms with Crippen molar-refractivity contribution in [1.29, 1.82) is 0 Å². The number of Topliss-reactive ketones (excluding diaryl/α,β-unsaturated/α-hetero) is 1. The van der Waals surface area contributed by atoms with Crippen molar-refractivity contribution in [2.75, 3.05) is 7.11 Å². The third kappa shape index (κ3) is 2.96. The maximum absolute atomic E-state index is 12.7. The molecule has 5 heteroatoms. The number of benzene rings is 2. The highest BCUT2D eigenvalue weighted by Gasteiger charge is 2.32. The third-order valence-electron chi connectivity index (χ3n) is 4.20. The number of methoxy groups -OCH3 is 1. The Bertz CT molecular complexity index is 733. The Morgan fingerprint density at radius 3 is 2.35 bits per heavy atom. The molecule has 23 heavy (non-hydrogen) atoms. The van der Waals surface area contributed by atoms with Crippen molar-refractivity contribution in [3.8, 4) is 5.75 Å². The highest BCUT2D eigenvalue weighted by molar-refractivity contribution is 5.91. The molecule has 1 aliphatic carbocycles. The van der Waals surface area contributed by atoms with Crippen LogP contribution in [0, 0.1) is 0 Å². The van der Waals surface area contributed by atoms with E-state index in [2.05, 4.69) is 0 Å². The smallest absolute Gasteiger partial charge is 0.416 e. The largest absolute Gasteiger partial charge is 0.497 e. The molecule has 3 rings (SSSR count). The number of hydrogen-bond donors (Lipinski definition) is 0. The Morgan fingerprint density at radius 1 is 1.04 bits per heavy atom. The van der Waals surface area contributed by atoms with Gasteiger partial charge in [-0.25, -0.2) is 0 Å². The fraction of sp³-hybridized carbons (Fsp3) is 0.278. The first-order chi connectivity index (χ1) is 10.9. The van der Waals surface area contributed by atoms with E-state index in [0.717, 1.165) is 23.3 Å². The van der Waals surface area contributed by atoms with Gasteiger partial charge in [0.2, 0.25) is 0 Å². The SMILES string of the molecule is COc1ccc2c(c1)C(c1ccc(C(F)(F)F)cc1)C(=O)CC2. The van der Waals surface area contributed by atoms with Gasteiger partial charge in [-0.15, -0.1) is 0 Å². The van der Waals surface area contributed by atoms with Gasteiger partial charge in [-0.2, -0.15) is 13.2 Å². The highest BCUT2D eigenvalue weighted by atomic mass is 19.4. The molecule has 120 valence electrons. The van der Waals surface area contributed by atoms with Crippen molar-refractivity contribution >= 4 is 5.78 Å². The minimum Gasteiger partial charge on any atom is -0.497 e. The molecule has 0 spiro atoms. The van der Waals surface area contributed by atoms with Gasteiger partial charge >= 0.3 is 6.18 Å². The summed E-state index contributed by atoms with van der Waals surface area (Å²) < 4.78 is 43.3. The molecule has 1 atom stereocenters. The van der Waals surface area contributed by atoms with Crippen LogP contribution in [0.3, 0.4) is 0 Å². The number of ether oxygens (including phenoxy) is 1. The van der Waals surface area contributed by atoms with Crippen molar-refractivity contribution in [3.63, 3.8) is 0 Å². The lowest BCUT2D eigenvalue weighted by molar-refractivity contribution is -0.137.